The number of carbonyl (C=O) groups is 4. The van der Waals surface area contributed by atoms with Gasteiger partial charge in [0.1, 0.15) is 11.2 Å². The number of amides is 2. The maximum Gasteiger partial charge on any atom is 0.244 e. The first kappa shape index (κ1) is 26.2. The second-order valence-electron chi connectivity index (χ2n) is 11.3. The minimum absolute atomic E-state index is 0.194. The summed E-state index contributed by atoms with van der Waals surface area (Å²) in [5.41, 5.74) is 1.27. The lowest BCUT2D eigenvalue weighted by molar-refractivity contribution is -0.172. The summed E-state index contributed by atoms with van der Waals surface area (Å²) >= 11 is 0. The fraction of sp³-hybridized carbons (Fsp3) is 0.533. The van der Waals surface area contributed by atoms with Gasteiger partial charge in [-0.05, 0) is 50.7 Å². The SMILES string of the molecule is CC1=C(C)[C@H]2[C@H](c3ccccc3)C(=O)N(C)C(=O)[C@]23C(=O)CC(=O)[C@@H](C)C[C@@H](C)C/C(C)=C/[C@H]3[C@@H]1O. The van der Waals surface area contributed by atoms with Crippen LogP contribution in [-0.4, -0.2) is 46.5 Å². The number of likely N-dealkylation sites (tertiary alicyclic amines) is 1. The molecule has 3 aliphatic rings. The Hall–Kier alpha value is -2.86. The molecule has 0 radical (unpaired) electrons. The Morgan fingerprint density at radius 3 is 2.25 bits per heavy atom. The Balaban J connectivity index is 2.07. The van der Waals surface area contributed by atoms with Crippen LogP contribution in [0.4, 0.5) is 0 Å². The highest BCUT2D eigenvalue weighted by Gasteiger charge is 2.68. The second-order valence-corrected chi connectivity index (χ2v) is 11.3. The molecule has 1 fully saturated rings. The third kappa shape index (κ3) is 3.90. The molecule has 1 aromatic carbocycles. The van der Waals surface area contributed by atoms with Crippen LogP contribution >= 0.6 is 0 Å². The van der Waals surface area contributed by atoms with Crippen LogP contribution in [0.15, 0.2) is 53.1 Å². The largest absolute Gasteiger partial charge is 0.388 e. The number of allylic oxidation sites excluding steroid dienone is 2. The molecule has 1 aliphatic heterocycles. The maximum atomic E-state index is 14.4. The second kappa shape index (κ2) is 9.55. The van der Waals surface area contributed by atoms with E-state index in [1.807, 2.05) is 64.1 Å². The van der Waals surface area contributed by atoms with Crippen LogP contribution in [0.5, 0.6) is 0 Å². The third-order valence-electron chi connectivity index (χ3n) is 8.87. The number of aliphatic hydroxyl groups is 1. The number of carbonyl (C=O) groups excluding carboxylic acids is 4. The van der Waals surface area contributed by atoms with Gasteiger partial charge < -0.3 is 5.11 Å². The van der Waals surface area contributed by atoms with Crippen molar-refractivity contribution in [3.05, 3.63) is 58.7 Å². The standard InChI is InChI=1S/C30H37NO5/c1-16-12-17(2)14-22-27(34)20(5)19(4)26-25(21-10-8-7-9-11-21)28(35)31(6)29(36)30(22,26)24(33)15-23(32)18(3)13-16/h7-11,14,16,18,22,25-27,34H,12-13,15H2,1-6H3/b17-14+/t16-,18-,22-,25-,26-,27+,30+/m0/s1. The summed E-state index contributed by atoms with van der Waals surface area (Å²) in [6.45, 7) is 9.50. The third-order valence-corrected chi connectivity index (χ3v) is 8.87. The van der Waals surface area contributed by atoms with E-state index in [4.69, 9.17) is 0 Å². The Bertz CT molecular complexity index is 1170. The Labute approximate surface area is 213 Å². The van der Waals surface area contributed by atoms with Crippen LogP contribution < -0.4 is 0 Å². The Morgan fingerprint density at radius 2 is 1.61 bits per heavy atom. The molecule has 1 spiro atoms. The van der Waals surface area contributed by atoms with Gasteiger partial charge in [-0.25, -0.2) is 0 Å². The lowest BCUT2D eigenvalue weighted by atomic mass is 9.49. The van der Waals surface area contributed by atoms with Gasteiger partial charge in [-0.3, -0.25) is 24.1 Å². The summed E-state index contributed by atoms with van der Waals surface area (Å²) in [7, 11) is 1.41. The van der Waals surface area contributed by atoms with E-state index in [1.54, 1.807) is 0 Å². The van der Waals surface area contributed by atoms with E-state index in [1.165, 1.54) is 7.05 Å². The van der Waals surface area contributed by atoms with E-state index in [0.717, 1.165) is 10.5 Å². The summed E-state index contributed by atoms with van der Waals surface area (Å²) in [5, 5.41) is 11.6. The number of rotatable bonds is 1. The fourth-order valence-electron chi connectivity index (χ4n) is 6.98. The number of piperidine rings is 1. The quantitative estimate of drug-likeness (QED) is 0.360. The van der Waals surface area contributed by atoms with Gasteiger partial charge in [0.05, 0.1) is 18.4 Å². The van der Waals surface area contributed by atoms with Gasteiger partial charge in [-0.1, -0.05) is 61.4 Å². The number of ketones is 2. The van der Waals surface area contributed by atoms with Crippen LogP contribution in [0.1, 0.15) is 65.4 Å². The zero-order valence-corrected chi connectivity index (χ0v) is 22.1. The molecule has 2 amide bonds. The molecule has 4 rings (SSSR count). The predicted octanol–water partition coefficient (Wildman–Crippen LogP) is 4.24. The monoisotopic (exact) mass is 491 g/mol. The lowest BCUT2D eigenvalue weighted by Crippen LogP contribution is -2.67. The van der Waals surface area contributed by atoms with Gasteiger partial charge in [-0.2, -0.15) is 0 Å². The molecule has 6 nitrogen and oxygen atoms in total. The average molecular weight is 492 g/mol. The molecule has 1 saturated heterocycles. The number of imide groups is 1. The van der Waals surface area contributed by atoms with Crippen LogP contribution in [-0.2, 0) is 19.2 Å². The van der Waals surface area contributed by atoms with Crippen molar-refractivity contribution < 1.29 is 24.3 Å². The average Bonchev–Trinajstić information content (AvgIpc) is 2.84. The molecule has 36 heavy (non-hydrogen) atoms. The van der Waals surface area contributed by atoms with E-state index in [0.29, 0.717) is 29.6 Å². The molecular formula is C30H37NO5. The highest BCUT2D eigenvalue weighted by atomic mass is 16.3. The van der Waals surface area contributed by atoms with Gasteiger partial charge in [0.15, 0.2) is 5.78 Å². The van der Waals surface area contributed by atoms with Crippen molar-refractivity contribution in [3.63, 3.8) is 0 Å². The summed E-state index contributed by atoms with van der Waals surface area (Å²) in [5.74, 6) is -4.25. The molecular weight excluding hydrogens is 454 g/mol. The minimum atomic E-state index is -1.75. The molecule has 192 valence electrons. The van der Waals surface area contributed by atoms with Crippen molar-refractivity contribution in [1.82, 2.24) is 4.90 Å². The Morgan fingerprint density at radius 1 is 0.972 bits per heavy atom. The highest BCUT2D eigenvalue weighted by molar-refractivity contribution is 6.19. The van der Waals surface area contributed by atoms with Crippen molar-refractivity contribution in [1.29, 1.82) is 0 Å². The topological polar surface area (TPSA) is 91.8 Å². The van der Waals surface area contributed by atoms with Crippen LogP contribution in [0.3, 0.4) is 0 Å². The summed E-state index contributed by atoms with van der Waals surface area (Å²) < 4.78 is 0. The number of likely N-dealkylation sites (N-methyl/N-ethyl adjacent to an activating group) is 1. The molecule has 1 N–H and O–H groups in total. The van der Waals surface area contributed by atoms with Gasteiger partial charge in [-0.15, -0.1) is 0 Å². The predicted molar refractivity (Wildman–Crippen MR) is 137 cm³/mol. The molecule has 1 aromatic rings. The number of hydrogen-bond acceptors (Lipinski definition) is 5. The van der Waals surface area contributed by atoms with Gasteiger partial charge in [0, 0.05) is 24.8 Å². The van der Waals surface area contributed by atoms with Crippen LogP contribution in [0.2, 0.25) is 0 Å². The molecule has 0 unspecified atom stereocenters. The van der Waals surface area contributed by atoms with Gasteiger partial charge in [0.25, 0.3) is 0 Å². The summed E-state index contributed by atoms with van der Waals surface area (Å²) in [6.07, 6.45) is 1.76. The molecule has 1 heterocycles. The molecule has 7 atom stereocenters. The number of nitrogens with zero attached hydrogens (tertiary/aromatic N) is 1. The highest BCUT2D eigenvalue weighted by Crippen LogP contribution is 2.59. The zero-order chi connectivity index (χ0) is 26.5. The first-order valence-electron chi connectivity index (χ1n) is 12.9. The van der Waals surface area contributed by atoms with E-state index >= 15 is 0 Å². The number of Topliss-reactive ketones (excluding diaryl/α,β-unsaturated/α-hetero) is 2. The van der Waals surface area contributed by atoms with Crippen molar-refractivity contribution in [2.45, 2.75) is 65.9 Å². The zero-order valence-electron chi connectivity index (χ0n) is 22.1. The molecule has 6 heteroatoms. The van der Waals surface area contributed by atoms with Crippen molar-refractivity contribution >= 4 is 23.4 Å². The number of aliphatic hydroxyl groups excluding tert-OH is 1. The maximum absolute atomic E-state index is 14.4. The lowest BCUT2D eigenvalue weighted by Gasteiger charge is -2.55. The van der Waals surface area contributed by atoms with E-state index in [-0.39, 0.29) is 29.9 Å². The Kier molecular flexibility index (Phi) is 6.95. The van der Waals surface area contributed by atoms with Gasteiger partial charge in [0.2, 0.25) is 11.8 Å². The minimum Gasteiger partial charge on any atom is -0.388 e. The van der Waals surface area contributed by atoms with Crippen molar-refractivity contribution in [3.8, 4) is 0 Å². The molecule has 0 bridgehead atoms. The first-order valence-corrected chi connectivity index (χ1v) is 12.9. The molecule has 0 aromatic heterocycles. The van der Waals surface area contributed by atoms with Crippen molar-refractivity contribution in [2.24, 2.45) is 29.1 Å². The smallest absolute Gasteiger partial charge is 0.244 e. The summed E-state index contributed by atoms with van der Waals surface area (Å²) in [4.78, 5) is 56.6. The summed E-state index contributed by atoms with van der Waals surface area (Å²) in [6, 6.07) is 9.21. The van der Waals surface area contributed by atoms with Crippen molar-refractivity contribution in [2.75, 3.05) is 7.05 Å². The molecule has 0 saturated carbocycles. The van der Waals surface area contributed by atoms with Crippen LogP contribution in [0, 0.1) is 29.1 Å². The van der Waals surface area contributed by atoms with E-state index in [9.17, 15) is 24.3 Å². The van der Waals surface area contributed by atoms with E-state index < -0.39 is 41.0 Å². The molecule has 2 aliphatic carbocycles. The van der Waals surface area contributed by atoms with Gasteiger partial charge >= 0.3 is 0 Å². The first-order chi connectivity index (χ1) is 16.9. The normalized spacial score (nSPS) is 37.6. The van der Waals surface area contributed by atoms with Crippen LogP contribution in [0.25, 0.3) is 0 Å². The van der Waals surface area contributed by atoms with E-state index in [2.05, 4.69) is 6.92 Å². The fourth-order valence-corrected chi connectivity index (χ4v) is 6.98. The number of benzene rings is 1. The number of hydrogen-bond donors (Lipinski definition) is 1.